The highest BCUT2D eigenvalue weighted by Gasteiger charge is 2.65. The molecule has 0 saturated heterocycles. The molecule has 0 aromatic heterocycles. The summed E-state index contributed by atoms with van der Waals surface area (Å²) >= 11 is 0. The standard InChI is InChI=1S/C22H32O3/c1-5-25-22-13-12-20(2)17(8-9-19(20)23)18(22)7-6-15-14-16(24-4)10-11-21(15,22)3/h6-7,14,16-18H,5,8-13H2,1-4H3/t16?,17?,18?,20?,21?,22-/m1/s1. The van der Waals surface area contributed by atoms with Gasteiger partial charge in [0.1, 0.15) is 5.78 Å². The van der Waals surface area contributed by atoms with Crippen molar-refractivity contribution in [1.82, 2.24) is 0 Å². The number of hydrogen-bond donors (Lipinski definition) is 0. The third kappa shape index (κ3) is 2.15. The van der Waals surface area contributed by atoms with Crippen molar-refractivity contribution < 1.29 is 14.3 Å². The summed E-state index contributed by atoms with van der Waals surface area (Å²) in [6, 6.07) is 0. The molecule has 25 heavy (non-hydrogen) atoms. The Balaban J connectivity index is 1.83. The number of rotatable bonds is 3. The normalized spacial score (nSPS) is 48.6. The van der Waals surface area contributed by atoms with Crippen molar-refractivity contribution >= 4 is 5.78 Å². The summed E-state index contributed by atoms with van der Waals surface area (Å²) in [5.41, 5.74) is 1.08. The van der Waals surface area contributed by atoms with Crippen molar-refractivity contribution in [3.63, 3.8) is 0 Å². The van der Waals surface area contributed by atoms with Gasteiger partial charge in [0, 0.05) is 36.9 Å². The van der Waals surface area contributed by atoms with E-state index in [1.54, 1.807) is 7.11 Å². The highest BCUT2D eigenvalue weighted by Crippen LogP contribution is 2.66. The molecular formula is C22H32O3. The van der Waals surface area contributed by atoms with Gasteiger partial charge in [0.15, 0.2) is 0 Å². The van der Waals surface area contributed by atoms with E-state index in [1.165, 1.54) is 5.57 Å². The van der Waals surface area contributed by atoms with Gasteiger partial charge in [0.2, 0.25) is 0 Å². The van der Waals surface area contributed by atoms with Crippen LogP contribution < -0.4 is 0 Å². The summed E-state index contributed by atoms with van der Waals surface area (Å²) in [6.45, 7) is 7.46. The van der Waals surface area contributed by atoms with Crippen molar-refractivity contribution in [2.75, 3.05) is 13.7 Å². The molecule has 4 aliphatic carbocycles. The van der Waals surface area contributed by atoms with Gasteiger partial charge in [-0.1, -0.05) is 32.1 Å². The van der Waals surface area contributed by atoms with Crippen molar-refractivity contribution in [3.05, 3.63) is 23.8 Å². The molecule has 0 radical (unpaired) electrons. The van der Waals surface area contributed by atoms with Crippen LogP contribution in [0.15, 0.2) is 23.8 Å². The average molecular weight is 344 g/mol. The summed E-state index contributed by atoms with van der Waals surface area (Å²) in [7, 11) is 1.80. The molecule has 0 aromatic rings. The van der Waals surface area contributed by atoms with E-state index < -0.39 is 0 Å². The second-order valence-corrected chi connectivity index (χ2v) is 8.96. The quantitative estimate of drug-likeness (QED) is 0.758. The van der Waals surface area contributed by atoms with Gasteiger partial charge in [-0.05, 0) is 50.5 Å². The van der Waals surface area contributed by atoms with Crippen LogP contribution in [0.4, 0.5) is 0 Å². The van der Waals surface area contributed by atoms with E-state index in [0.717, 1.165) is 45.1 Å². The lowest BCUT2D eigenvalue weighted by Gasteiger charge is -2.62. The summed E-state index contributed by atoms with van der Waals surface area (Å²) in [5.74, 6) is 1.25. The van der Waals surface area contributed by atoms with Gasteiger partial charge in [-0.15, -0.1) is 0 Å². The fraction of sp³-hybridized carbons (Fsp3) is 0.773. The summed E-state index contributed by atoms with van der Waals surface area (Å²) in [5, 5.41) is 0. The molecule has 0 bridgehead atoms. The third-order valence-electron chi connectivity index (χ3n) is 8.18. The first kappa shape index (κ1) is 17.5. The molecular weight excluding hydrogens is 312 g/mol. The number of carbonyl (C=O) groups is 1. The van der Waals surface area contributed by atoms with Gasteiger partial charge < -0.3 is 9.47 Å². The minimum Gasteiger partial charge on any atom is -0.377 e. The first-order chi connectivity index (χ1) is 11.9. The van der Waals surface area contributed by atoms with Crippen molar-refractivity contribution in [2.45, 2.75) is 71.0 Å². The Morgan fingerprint density at radius 1 is 1.20 bits per heavy atom. The maximum absolute atomic E-state index is 12.6. The maximum atomic E-state index is 12.6. The fourth-order valence-electron chi connectivity index (χ4n) is 6.59. The predicted molar refractivity (Wildman–Crippen MR) is 98.3 cm³/mol. The molecule has 3 nitrogen and oxygen atoms in total. The zero-order valence-corrected chi connectivity index (χ0v) is 16.1. The van der Waals surface area contributed by atoms with E-state index in [1.807, 2.05) is 0 Å². The highest BCUT2D eigenvalue weighted by atomic mass is 16.5. The van der Waals surface area contributed by atoms with Crippen LogP contribution in [0.3, 0.4) is 0 Å². The Morgan fingerprint density at radius 3 is 2.72 bits per heavy atom. The SMILES string of the molecule is CCO[C@]12CCC3(C)C(=O)CCC3C1C=CC1=CC(OC)CCC12C. The molecule has 138 valence electrons. The number of hydrogen-bond acceptors (Lipinski definition) is 3. The van der Waals surface area contributed by atoms with Crippen LogP contribution in [0.2, 0.25) is 0 Å². The van der Waals surface area contributed by atoms with Gasteiger partial charge in [-0.3, -0.25) is 4.79 Å². The number of ketones is 1. The maximum Gasteiger partial charge on any atom is 0.139 e. The molecule has 0 heterocycles. The number of carbonyl (C=O) groups excluding carboxylic acids is 1. The molecule has 2 fully saturated rings. The van der Waals surface area contributed by atoms with Gasteiger partial charge in [-0.2, -0.15) is 0 Å². The lowest BCUT2D eigenvalue weighted by atomic mass is 9.46. The van der Waals surface area contributed by atoms with Crippen LogP contribution in [-0.4, -0.2) is 31.2 Å². The number of allylic oxidation sites excluding steroid dienone is 1. The molecule has 0 aromatic carbocycles. The van der Waals surface area contributed by atoms with Crippen molar-refractivity contribution in [1.29, 1.82) is 0 Å². The Bertz CT molecular complexity index is 635. The number of fused-ring (bicyclic) bond motifs is 5. The Labute approximate surface area is 151 Å². The van der Waals surface area contributed by atoms with Gasteiger partial charge in [0.05, 0.1) is 11.7 Å². The fourth-order valence-corrected chi connectivity index (χ4v) is 6.59. The summed E-state index contributed by atoms with van der Waals surface area (Å²) < 4.78 is 12.3. The van der Waals surface area contributed by atoms with Crippen molar-refractivity contribution in [2.24, 2.45) is 22.7 Å². The van der Waals surface area contributed by atoms with Gasteiger partial charge in [-0.25, -0.2) is 0 Å². The molecule has 0 aliphatic heterocycles. The zero-order chi connectivity index (χ0) is 17.9. The lowest BCUT2D eigenvalue weighted by molar-refractivity contribution is -0.195. The van der Waals surface area contributed by atoms with Gasteiger partial charge in [0.25, 0.3) is 0 Å². The molecule has 4 aliphatic rings. The van der Waals surface area contributed by atoms with E-state index in [-0.39, 0.29) is 22.5 Å². The Hall–Kier alpha value is -0.930. The van der Waals surface area contributed by atoms with E-state index in [2.05, 4.69) is 39.0 Å². The molecule has 3 heteroatoms. The zero-order valence-electron chi connectivity index (χ0n) is 16.1. The largest absolute Gasteiger partial charge is 0.377 e. The van der Waals surface area contributed by atoms with Crippen LogP contribution in [0.1, 0.15) is 59.3 Å². The smallest absolute Gasteiger partial charge is 0.139 e. The summed E-state index contributed by atoms with van der Waals surface area (Å²) in [4.78, 5) is 12.6. The average Bonchev–Trinajstić information content (AvgIpc) is 2.90. The van der Waals surface area contributed by atoms with E-state index >= 15 is 0 Å². The molecule has 4 rings (SSSR count). The second-order valence-electron chi connectivity index (χ2n) is 8.96. The van der Waals surface area contributed by atoms with Gasteiger partial charge >= 0.3 is 0 Å². The molecule has 0 N–H and O–H groups in total. The monoisotopic (exact) mass is 344 g/mol. The summed E-state index contributed by atoms with van der Waals surface area (Å²) in [6.07, 6.45) is 13.1. The Kier molecular flexibility index (Phi) is 4.05. The Morgan fingerprint density at radius 2 is 2.00 bits per heavy atom. The van der Waals surface area contributed by atoms with E-state index in [4.69, 9.17) is 9.47 Å². The number of methoxy groups -OCH3 is 1. The van der Waals surface area contributed by atoms with Crippen LogP contribution >= 0.6 is 0 Å². The van der Waals surface area contributed by atoms with Crippen LogP contribution in [0, 0.1) is 22.7 Å². The molecule has 6 atom stereocenters. The minimum absolute atomic E-state index is 0.0183. The minimum atomic E-state index is -0.171. The second kappa shape index (κ2) is 5.79. The van der Waals surface area contributed by atoms with Crippen LogP contribution in [0.25, 0.3) is 0 Å². The first-order valence-corrected chi connectivity index (χ1v) is 10.0. The van der Waals surface area contributed by atoms with Crippen LogP contribution in [0.5, 0.6) is 0 Å². The topological polar surface area (TPSA) is 35.5 Å². The van der Waals surface area contributed by atoms with E-state index in [9.17, 15) is 4.79 Å². The molecule has 0 spiro atoms. The predicted octanol–water partition coefficient (Wildman–Crippen LogP) is 4.47. The third-order valence-corrected chi connectivity index (χ3v) is 8.18. The lowest BCUT2D eigenvalue weighted by Crippen LogP contribution is -2.63. The number of ether oxygens (including phenoxy) is 2. The highest BCUT2D eigenvalue weighted by molar-refractivity contribution is 5.87. The van der Waals surface area contributed by atoms with Crippen LogP contribution in [-0.2, 0) is 14.3 Å². The molecule has 5 unspecified atom stereocenters. The van der Waals surface area contributed by atoms with Crippen molar-refractivity contribution in [3.8, 4) is 0 Å². The molecule has 2 saturated carbocycles. The first-order valence-electron chi connectivity index (χ1n) is 10.0. The molecule has 0 amide bonds. The number of Topliss-reactive ketones (excluding diaryl/α,β-unsaturated/α-hetero) is 1. The van der Waals surface area contributed by atoms with E-state index in [0.29, 0.717) is 17.6 Å².